The van der Waals surface area contributed by atoms with Crippen LogP contribution in [0.5, 0.6) is 5.75 Å². The minimum Gasteiger partial charge on any atom is -0.423 e. The molecule has 0 saturated carbocycles. The molecule has 0 aromatic heterocycles. The molecule has 0 saturated heterocycles. The lowest BCUT2D eigenvalue weighted by molar-refractivity contribution is 0.0734. The average Bonchev–Trinajstić information content (AvgIpc) is 2.36. The molecular weight excluding hydrogens is 283 g/mol. The summed E-state index contributed by atoms with van der Waals surface area (Å²) in [5, 5.41) is 1.26. The largest absolute Gasteiger partial charge is 0.423 e. The van der Waals surface area contributed by atoms with Crippen molar-refractivity contribution in [2.24, 2.45) is 0 Å². The minimum atomic E-state index is -0.419. The number of halogens is 2. The highest BCUT2D eigenvalue weighted by Gasteiger charge is 2.10. The summed E-state index contributed by atoms with van der Waals surface area (Å²) in [6, 6.07) is 10.0. The molecule has 0 N–H and O–H groups in total. The van der Waals surface area contributed by atoms with Gasteiger partial charge in [0.15, 0.2) is 0 Å². The van der Waals surface area contributed by atoms with Crippen LogP contribution in [0.4, 0.5) is 0 Å². The fourth-order valence-electron chi connectivity index (χ4n) is 1.72. The van der Waals surface area contributed by atoms with E-state index in [0.29, 0.717) is 21.4 Å². The Morgan fingerprint density at radius 2 is 1.53 bits per heavy atom. The molecule has 0 aliphatic carbocycles. The van der Waals surface area contributed by atoms with Gasteiger partial charge >= 0.3 is 5.97 Å². The molecule has 0 amide bonds. The predicted octanol–water partition coefficient (Wildman–Crippen LogP) is 4.83. The fourth-order valence-corrected chi connectivity index (χ4v) is 1.95. The van der Waals surface area contributed by atoms with E-state index in [4.69, 9.17) is 27.9 Å². The highest BCUT2D eigenvalue weighted by molar-refractivity contribution is 6.32. The first-order chi connectivity index (χ1) is 8.97. The lowest BCUT2D eigenvalue weighted by atomic mass is 10.1. The number of esters is 1. The number of ether oxygens (including phenoxy) is 1. The van der Waals surface area contributed by atoms with Crippen LogP contribution in [0.3, 0.4) is 0 Å². The minimum absolute atomic E-state index is 0.419. The first-order valence-corrected chi connectivity index (χ1v) is 6.47. The molecule has 19 heavy (non-hydrogen) atoms. The van der Waals surface area contributed by atoms with Crippen molar-refractivity contribution in [2.45, 2.75) is 13.8 Å². The maximum absolute atomic E-state index is 11.9. The molecule has 0 spiro atoms. The molecule has 0 fully saturated rings. The Bertz CT molecular complexity index is 596. The molecule has 0 atom stereocenters. The Hall–Kier alpha value is -1.51. The summed E-state index contributed by atoms with van der Waals surface area (Å²) in [6.07, 6.45) is 0. The van der Waals surface area contributed by atoms with E-state index in [1.54, 1.807) is 36.4 Å². The SMILES string of the molecule is Cc1cc(OC(=O)c2ccc(Cl)cc2)cc(C)c1Cl. The molecule has 0 radical (unpaired) electrons. The van der Waals surface area contributed by atoms with E-state index >= 15 is 0 Å². The van der Waals surface area contributed by atoms with E-state index in [0.717, 1.165) is 11.1 Å². The highest BCUT2D eigenvalue weighted by Crippen LogP contribution is 2.26. The van der Waals surface area contributed by atoms with Gasteiger partial charge in [-0.1, -0.05) is 23.2 Å². The normalized spacial score (nSPS) is 10.3. The van der Waals surface area contributed by atoms with Crippen LogP contribution in [-0.2, 0) is 0 Å². The van der Waals surface area contributed by atoms with Crippen molar-refractivity contribution in [3.8, 4) is 5.75 Å². The van der Waals surface area contributed by atoms with Crippen molar-refractivity contribution >= 4 is 29.2 Å². The number of hydrogen-bond acceptors (Lipinski definition) is 2. The number of carbonyl (C=O) groups excluding carboxylic acids is 1. The van der Waals surface area contributed by atoms with Crippen molar-refractivity contribution in [1.82, 2.24) is 0 Å². The van der Waals surface area contributed by atoms with Gasteiger partial charge in [-0.05, 0) is 61.4 Å². The van der Waals surface area contributed by atoms with Crippen LogP contribution < -0.4 is 4.74 Å². The standard InChI is InChI=1S/C15H12Cl2O2/c1-9-7-13(8-10(2)14(9)17)19-15(18)11-3-5-12(16)6-4-11/h3-8H,1-2H3. The van der Waals surface area contributed by atoms with Gasteiger partial charge in [0.05, 0.1) is 5.56 Å². The van der Waals surface area contributed by atoms with Crippen LogP contribution in [0.1, 0.15) is 21.5 Å². The van der Waals surface area contributed by atoms with Gasteiger partial charge in [0.2, 0.25) is 0 Å². The van der Waals surface area contributed by atoms with Crippen molar-refractivity contribution < 1.29 is 9.53 Å². The van der Waals surface area contributed by atoms with Gasteiger partial charge in [-0.3, -0.25) is 0 Å². The lowest BCUT2D eigenvalue weighted by Crippen LogP contribution is -2.08. The monoisotopic (exact) mass is 294 g/mol. The third kappa shape index (κ3) is 3.28. The van der Waals surface area contributed by atoms with E-state index in [2.05, 4.69) is 0 Å². The zero-order valence-corrected chi connectivity index (χ0v) is 12.0. The quantitative estimate of drug-likeness (QED) is 0.586. The van der Waals surface area contributed by atoms with Crippen LogP contribution in [0.25, 0.3) is 0 Å². The molecule has 0 bridgehead atoms. The Balaban J connectivity index is 2.22. The van der Waals surface area contributed by atoms with Crippen LogP contribution in [0.15, 0.2) is 36.4 Å². The second-order valence-corrected chi connectivity index (χ2v) is 5.08. The Morgan fingerprint density at radius 1 is 1.00 bits per heavy atom. The van der Waals surface area contributed by atoms with Crippen molar-refractivity contribution in [3.63, 3.8) is 0 Å². The number of hydrogen-bond donors (Lipinski definition) is 0. The Morgan fingerprint density at radius 3 is 2.05 bits per heavy atom. The third-order valence-electron chi connectivity index (χ3n) is 2.70. The molecule has 0 aliphatic rings. The number of aryl methyl sites for hydroxylation is 2. The summed E-state index contributed by atoms with van der Waals surface area (Å²) in [7, 11) is 0. The smallest absolute Gasteiger partial charge is 0.343 e. The zero-order chi connectivity index (χ0) is 14.0. The summed E-state index contributed by atoms with van der Waals surface area (Å²) in [5.74, 6) is 0.0668. The third-order valence-corrected chi connectivity index (χ3v) is 3.55. The van der Waals surface area contributed by atoms with Gasteiger partial charge in [0, 0.05) is 10.0 Å². The Labute approximate surface area is 121 Å². The molecule has 2 rings (SSSR count). The highest BCUT2D eigenvalue weighted by atomic mass is 35.5. The van der Waals surface area contributed by atoms with Crippen molar-refractivity contribution in [2.75, 3.05) is 0 Å². The molecule has 4 heteroatoms. The molecule has 0 aliphatic heterocycles. The lowest BCUT2D eigenvalue weighted by Gasteiger charge is -2.08. The van der Waals surface area contributed by atoms with Crippen molar-refractivity contribution in [3.05, 3.63) is 63.1 Å². The van der Waals surface area contributed by atoms with E-state index in [9.17, 15) is 4.79 Å². The maximum Gasteiger partial charge on any atom is 0.343 e. The summed E-state index contributed by atoms with van der Waals surface area (Å²) >= 11 is 11.8. The summed E-state index contributed by atoms with van der Waals surface area (Å²) < 4.78 is 5.32. The second-order valence-electron chi connectivity index (χ2n) is 4.27. The topological polar surface area (TPSA) is 26.3 Å². The average molecular weight is 295 g/mol. The first kappa shape index (κ1) is 13.9. The summed E-state index contributed by atoms with van der Waals surface area (Å²) in [5.41, 5.74) is 2.20. The van der Waals surface area contributed by atoms with Gasteiger partial charge in [0.1, 0.15) is 5.75 Å². The van der Waals surface area contributed by atoms with E-state index < -0.39 is 5.97 Å². The van der Waals surface area contributed by atoms with Crippen LogP contribution in [0, 0.1) is 13.8 Å². The molecular formula is C15H12Cl2O2. The van der Waals surface area contributed by atoms with E-state index in [1.165, 1.54) is 0 Å². The Kier molecular flexibility index (Phi) is 4.13. The molecule has 0 unspecified atom stereocenters. The zero-order valence-electron chi connectivity index (χ0n) is 10.5. The fraction of sp³-hybridized carbons (Fsp3) is 0.133. The van der Waals surface area contributed by atoms with Gasteiger partial charge < -0.3 is 4.74 Å². The summed E-state index contributed by atoms with van der Waals surface area (Å²) in [4.78, 5) is 11.9. The molecule has 98 valence electrons. The van der Waals surface area contributed by atoms with Gasteiger partial charge in [-0.2, -0.15) is 0 Å². The maximum atomic E-state index is 11.9. The molecule has 2 nitrogen and oxygen atoms in total. The van der Waals surface area contributed by atoms with Gasteiger partial charge in [-0.15, -0.1) is 0 Å². The van der Waals surface area contributed by atoms with Crippen LogP contribution in [-0.4, -0.2) is 5.97 Å². The van der Waals surface area contributed by atoms with Crippen molar-refractivity contribution in [1.29, 1.82) is 0 Å². The summed E-state index contributed by atoms with van der Waals surface area (Å²) in [6.45, 7) is 3.74. The number of carbonyl (C=O) groups is 1. The van der Waals surface area contributed by atoms with Gasteiger partial charge in [0.25, 0.3) is 0 Å². The van der Waals surface area contributed by atoms with Crippen LogP contribution in [0.2, 0.25) is 10.0 Å². The number of benzene rings is 2. The van der Waals surface area contributed by atoms with Gasteiger partial charge in [-0.25, -0.2) is 4.79 Å². The first-order valence-electron chi connectivity index (χ1n) is 5.72. The molecule has 0 heterocycles. The second kappa shape index (κ2) is 5.64. The van der Waals surface area contributed by atoms with Crippen LogP contribution >= 0.6 is 23.2 Å². The number of rotatable bonds is 2. The van der Waals surface area contributed by atoms with E-state index in [-0.39, 0.29) is 0 Å². The predicted molar refractivity (Wildman–Crippen MR) is 77.3 cm³/mol. The molecule has 2 aromatic rings. The van der Waals surface area contributed by atoms with E-state index in [1.807, 2.05) is 13.8 Å². The molecule has 2 aromatic carbocycles.